The van der Waals surface area contributed by atoms with Gasteiger partial charge in [-0.1, -0.05) is 48.5 Å². The van der Waals surface area contributed by atoms with E-state index < -0.39 is 0 Å². The summed E-state index contributed by atoms with van der Waals surface area (Å²) in [5, 5.41) is 2.54. The maximum absolute atomic E-state index is 11.8. The number of hydrogen-bond donors (Lipinski definition) is 1. The highest BCUT2D eigenvalue weighted by Crippen LogP contribution is 2.28. The van der Waals surface area contributed by atoms with Gasteiger partial charge in [-0.05, 0) is 47.6 Å². The molecular weight excluding hydrogens is 314 g/mol. The van der Waals surface area contributed by atoms with Crippen LogP contribution in [0.2, 0.25) is 0 Å². The smallest absolute Gasteiger partial charge is 0.325 e. The van der Waals surface area contributed by atoms with Gasteiger partial charge in [-0.15, -0.1) is 0 Å². The Labute approximate surface area is 147 Å². The fourth-order valence-corrected chi connectivity index (χ4v) is 2.39. The summed E-state index contributed by atoms with van der Waals surface area (Å²) in [6.45, 7) is 0.372. The van der Waals surface area contributed by atoms with Gasteiger partial charge in [0.15, 0.2) is 0 Å². The van der Waals surface area contributed by atoms with Crippen molar-refractivity contribution in [3.05, 3.63) is 66.2 Å². The number of nitrogens with one attached hydrogen (secondary N) is 1. The second-order valence-electron chi connectivity index (χ2n) is 6.17. The van der Waals surface area contributed by atoms with E-state index in [0.717, 1.165) is 29.5 Å². The molecule has 0 spiro atoms. The normalized spacial score (nSPS) is 13.6. The molecular formula is C21H21NO3. The molecule has 2 aromatic rings. The van der Waals surface area contributed by atoms with Gasteiger partial charge in [0.25, 0.3) is 0 Å². The van der Waals surface area contributed by atoms with Gasteiger partial charge in [0.05, 0.1) is 6.61 Å². The molecule has 128 valence electrons. The molecule has 1 saturated carbocycles. The standard InChI is InChI=1S/C21H21NO3/c23-20(22-14-21(24)25-15-17-9-10-17)12-11-16-5-4-8-19(13-16)18-6-2-1-3-7-18/h1-8,11-13,17H,9-10,14-15H2,(H,22,23)/b12-11+. The fraction of sp³-hybridized carbons (Fsp3) is 0.238. The fourth-order valence-electron chi connectivity index (χ4n) is 2.39. The minimum absolute atomic E-state index is 0.0973. The van der Waals surface area contributed by atoms with Crippen LogP contribution in [0.5, 0.6) is 0 Å². The van der Waals surface area contributed by atoms with Crippen LogP contribution in [0.1, 0.15) is 18.4 Å². The van der Waals surface area contributed by atoms with Gasteiger partial charge < -0.3 is 10.1 Å². The summed E-state index contributed by atoms with van der Waals surface area (Å²) in [5.41, 5.74) is 3.14. The summed E-state index contributed by atoms with van der Waals surface area (Å²) < 4.78 is 5.07. The van der Waals surface area contributed by atoms with Crippen LogP contribution >= 0.6 is 0 Å². The number of rotatable bonds is 7. The molecule has 1 N–H and O–H groups in total. The molecule has 4 heteroatoms. The predicted octanol–water partition coefficient (Wildman–Crippen LogP) is 3.44. The maximum Gasteiger partial charge on any atom is 0.325 e. The molecule has 0 bridgehead atoms. The third kappa shape index (κ3) is 5.60. The lowest BCUT2D eigenvalue weighted by Gasteiger charge is -2.04. The molecule has 0 atom stereocenters. The molecule has 0 aromatic heterocycles. The van der Waals surface area contributed by atoms with Crippen LogP contribution in [0.4, 0.5) is 0 Å². The summed E-state index contributed by atoms with van der Waals surface area (Å²) >= 11 is 0. The topological polar surface area (TPSA) is 55.4 Å². The van der Waals surface area contributed by atoms with Crippen molar-refractivity contribution in [3.63, 3.8) is 0 Å². The lowest BCUT2D eigenvalue weighted by molar-refractivity contribution is -0.144. The monoisotopic (exact) mass is 335 g/mol. The molecule has 1 aliphatic rings. The van der Waals surface area contributed by atoms with Crippen molar-refractivity contribution in [3.8, 4) is 11.1 Å². The average molecular weight is 335 g/mol. The first kappa shape index (κ1) is 17.0. The van der Waals surface area contributed by atoms with E-state index in [4.69, 9.17) is 4.74 Å². The van der Waals surface area contributed by atoms with Crippen LogP contribution in [-0.2, 0) is 14.3 Å². The largest absolute Gasteiger partial charge is 0.464 e. The Bertz CT molecular complexity index is 764. The predicted molar refractivity (Wildman–Crippen MR) is 97.6 cm³/mol. The van der Waals surface area contributed by atoms with Gasteiger partial charge in [-0.2, -0.15) is 0 Å². The Morgan fingerprint density at radius 1 is 1.04 bits per heavy atom. The molecule has 0 heterocycles. The second kappa shape index (κ2) is 8.29. The molecule has 0 aliphatic heterocycles. The van der Waals surface area contributed by atoms with Crippen molar-refractivity contribution in [2.45, 2.75) is 12.8 Å². The number of esters is 1. The third-order valence-electron chi connectivity index (χ3n) is 4.00. The lowest BCUT2D eigenvalue weighted by atomic mass is 10.0. The van der Waals surface area contributed by atoms with Crippen molar-refractivity contribution < 1.29 is 14.3 Å². The molecule has 1 amide bonds. The number of carbonyl (C=O) groups is 2. The highest BCUT2D eigenvalue weighted by atomic mass is 16.5. The van der Waals surface area contributed by atoms with Gasteiger partial charge in [0.1, 0.15) is 6.54 Å². The van der Waals surface area contributed by atoms with E-state index >= 15 is 0 Å². The summed E-state index contributed by atoms with van der Waals surface area (Å²) in [7, 11) is 0. The molecule has 4 nitrogen and oxygen atoms in total. The summed E-state index contributed by atoms with van der Waals surface area (Å²) in [6.07, 6.45) is 5.42. The van der Waals surface area contributed by atoms with Crippen LogP contribution in [0.3, 0.4) is 0 Å². The van der Waals surface area contributed by atoms with Crippen LogP contribution in [0.15, 0.2) is 60.7 Å². The Kier molecular flexibility index (Phi) is 5.62. The first-order chi connectivity index (χ1) is 12.2. The van der Waals surface area contributed by atoms with E-state index in [9.17, 15) is 9.59 Å². The van der Waals surface area contributed by atoms with Crippen molar-refractivity contribution >= 4 is 18.0 Å². The molecule has 1 aliphatic carbocycles. The number of hydrogen-bond acceptors (Lipinski definition) is 3. The van der Waals surface area contributed by atoms with E-state index in [1.807, 2.05) is 54.6 Å². The molecule has 3 rings (SSSR count). The summed E-state index contributed by atoms with van der Waals surface area (Å²) in [6, 6.07) is 18.0. The zero-order chi connectivity index (χ0) is 17.5. The summed E-state index contributed by atoms with van der Waals surface area (Å²) in [5.74, 6) is -0.176. The number of ether oxygens (including phenoxy) is 1. The number of benzene rings is 2. The van der Waals surface area contributed by atoms with Gasteiger partial charge in [-0.25, -0.2) is 0 Å². The van der Waals surface area contributed by atoms with Crippen molar-refractivity contribution in [1.29, 1.82) is 0 Å². The lowest BCUT2D eigenvalue weighted by Crippen LogP contribution is -2.29. The van der Waals surface area contributed by atoms with Crippen LogP contribution in [-0.4, -0.2) is 25.0 Å². The van der Waals surface area contributed by atoms with E-state index in [-0.39, 0.29) is 18.4 Å². The van der Waals surface area contributed by atoms with Crippen molar-refractivity contribution in [1.82, 2.24) is 5.32 Å². The zero-order valence-corrected chi connectivity index (χ0v) is 14.0. The average Bonchev–Trinajstić information content (AvgIpc) is 3.48. The van der Waals surface area contributed by atoms with Crippen LogP contribution in [0, 0.1) is 5.92 Å². The summed E-state index contributed by atoms with van der Waals surface area (Å²) in [4.78, 5) is 23.3. The van der Waals surface area contributed by atoms with E-state index in [2.05, 4.69) is 5.32 Å². The SMILES string of the molecule is O=C(/C=C/c1cccc(-c2ccccc2)c1)NCC(=O)OCC1CC1. The molecule has 2 aromatic carbocycles. The van der Waals surface area contributed by atoms with E-state index in [0.29, 0.717) is 12.5 Å². The highest BCUT2D eigenvalue weighted by molar-refractivity contribution is 5.93. The molecule has 25 heavy (non-hydrogen) atoms. The number of carbonyl (C=O) groups excluding carboxylic acids is 2. The first-order valence-corrected chi connectivity index (χ1v) is 8.48. The van der Waals surface area contributed by atoms with Gasteiger partial charge in [-0.3, -0.25) is 9.59 Å². The second-order valence-corrected chi connectivity index (χ2v) is 6.17. The van der Waals surface area contributed by atoms with Crippen LogP contribution in [0.25, 0.3) is 17.2 Å². The van der Waals surface area contributed by atoms with Crippen molar-refractivity contribution in [2.75, 3.05) is 13.2 Å². The van der Waals surface area contributed by atoms with E-state index in [1.165, 1.54) is 6.08 Å². The van der Waals surface area contributed by atoms with Gasteiger partial charge in [0.2, 0.25) is 5.91 Å². The molecule has 0 radical (unpaired) electrons. The first-order valence-electron chi connectivity index (χ1n) is 8.48. The van der Waals surface area contributed by atoms with Gasteiger partial charge in [0, 0.05) is 6.08 Å². The Morgan fingerprint density at radius 3 is 2.56 bits per heavy atom. The zero-order valence-electron chi connectivity index (χ0n) is 14.0. The van der Waals surface area contributed by atoms with E-state index in [1.54, 1.807) is 6.08 Å². The van der Waals surface area contributed by atoms with Crippen molar-refractivity contribution in [2.24, 2.45) is 5.92 Å². The third-order valence-corrected chi connectivity index (χ3v) is 4.00. The molecule has 0 saturated heterocycles. The van der Waals surface area contributed by atoms with Gasteiger partial charge >= 0.3 is 5.97 Å². The quantitative estimate of drug-likeness (QED) is 0.623. The maximum atomic E-state index is 11.8. The number of amides is 1. The minimum Gasteiger partial charge on any atom is -0.464 e. The highest BCUT2D eigenvalue weighted by Gasteiger charge is 2.22. The minimum atomic E-state index is -0.389. The Balaban J connectivity index is 1.50. The van der Waals surface area contributed by atoms with Crippen LogP contribution < -0.4 is 5.32 Å². The molecule has 0 unspecified atom stereocenters. The Hall–Kier alpha value is -2.88. The molecule has 1 fully saturated rings. The Morgan fingerprint density at radius 2 is 1.80 bits per heavy atom.